The van der Waals surface area contributed by atoms with E-state index in [0.29, 0.717) is 5.92 Å². The van der Waals surface area contributed by atoms with Gasteiger partial charge in [0, 0.05) is 5.69 Å². The van der Waals surface area contributed by atoms with E-state index in [1.165, 1.54) is 67.1 Å². The van der Waals surface area contributed by atoms with Crippen molar-refractivity contribution < 1.29 is 0 Å². The van der Waals surface area contributed by atoms with E-state index < -0.39 is 0 Å². The molecule has 4 N–H and O–H groups in total. The quantitative estimate of drug-likeness (QED) is 0.127. The number of para-hydroxylation sites is 2. The van der Waals surface area contributed by atoms with E-state index in [0.717, 1.165) is 0 Å². The van der Waals surface area contributed by atoms with Gasteiger partial charge in [-0.25, -0.2) is 0 Å². The molecule has 2 aliphatic heterocycles. The molecule has 7 aromatic rings. The summed E-state index contributed by atoms with van der Waals surface area (Å²) in [7, 11) is 0. The third kappa shape index (κ3) is 6.70. The molecule has 0 saturated carbocycles. The fraction of sp³-hybridized carbons (Fsp3) is 0.143. The molecule has 266 valence electrons. The maximum atomic E-state index is 3.79. The summed E-state index contributed by atoms with van der Waals surface area (Å²) in [6.45, 7) is 4.54. The third-order valence-electron chi connectivity index (χ3n) is 10.8. The van der Waals surface area contributed by atoms with Crippen LogP contribution in [0.4, 0.5) is 17.1 Å². The monoisotopic (exact) mass is 703 g/mol. The second kappa shape index (κ2) is 14.8. The summed E-state index contributed by atoms with van der Waals surface area (Å²) in [6.07, 6.45) is 0.204. The molecule has 2 aliphatic rings. The van der Waals surface area contributed by atoms with Crippen LogP contribution in [0.15, 0.2) is 182 Å². The summed E-state index contributed by atoms with van der Waals surface area (Å²) in [5, 5.41) is 15.1. The van der Waals surface area contributed by atoms with Crippen molar-refractivity contribution in [1.29, 1.82) is 0 Å². The molecular weight excluding hydrogens is 659 g/mol. The number of benzene rings is 7. The van der Waals surface area contributed by atoms with Crippen LogP contribution in [0.2, 0.25) is 0 Å². The Labute approximate surface area is 318 Å². The summed E-state index contributed by atoms with van der Waals surface area (Å²) >= 11 is 0. The fourth-order valence-corrected chi connectivity index (χ4v) is 7.96. The third-order valence-corrected chi connectivity index (χ3v) is 10.8. The van der Waals surface area contributed by atoms with Crippen molar-refractivity contribution in [2.24, 2.45) is 5.92 Å². The topological polar surface area (TPSA) is 51.4 Å². The lowest BCUT2D eigenvalue weighted by Crippen LogP contribution is -2.54. The van der Waals surface area contributed by atoms with E-state index in [9.17, 15) is 0 Å². The molecule has 0 bridgehead atoms. The van der Waals surface area contributed by atoms with Crippen LogP contribution in [0.25, 0.3) is 33.4 Å². The highest BCUT2D eigenvalue weighted by molar-refractivity contribution is 5.87. The van der Waals surface area contributed by atoms with Gasteiger partial charge in [0.25, 0.3) is 0 Å². The van der Waals surface area contributed by atoms with Crippen LogP contribution in [-0.2, 0) is 0 Å². The molecule has 7 aromatic carbocycles. The van der Waals surface area contributed by atoms with Crippen LogP contribution in [0.1, 0.15) is 49.0 Å². The van der Waals surface area contributed by atoms with Crippen molar-refractivity contribution in [3.63, 3.8) is 0 Å². The molecule has 0 aromatic heterocycles. The van der Waals surface area contributed by atoms with E-state index in [4.69, 9.17) is 0 Å². The summed E-state index contributed by atoms with van der Waals surface area (Å²) in [5.74, 6) is 0.447. The molecular formula is C49H45N5. The highest BCUT2D eigenvalue weighted by atomic mass is 15.4. The van der Waals surface area contributed by atoms with Crippen molar-refractivity contribution in [3.8, 4) is 33.4 Å². The van der Waals surface area contributed by atoms with E-state index in [1.807, 2.05) is 0 Å². The maximum Gasteiger partial charge on any atom is 0.106 e. The van der Waals surface area contributed by atoms with Crippen molar-refractivity contribution in [2.45, 2.75) is 38.5 Å². The molecule has 1 fully saturated rings. The van der Waals surface area contributed by atoms with Gasteiger partial charge in [-0.2, -0.15) is 0 Å². The lowest BCUT2D eigenvalue weighted by Gasteiger charge is -2.39. The van der Waals surface area contributed by atoms with Gasteiger partial charge < -0.3 is 10.2 Å². The summed E-state index contributed by atoms with van der Waals surface area (Å²) in [5.41, 5.74) is 14.5. The standard InChI is InChI=1S/C49H45N5/c1-33(2)49-50-44-19-11-12-20-45(44)54(49)41-31-29-37(30-32-41)43-18-10-9-17-42(43)36-25-21-34(22-26-36)35-23-27-40(28-24-35)48-52-46(38-13-5-3-6-14-38)51-47(53-48)39-15-7-4-8-16-39/h3-33,46-53H,1-2H3. The molecule has 54 heavy (non-hydrogen) atoms. The molecule has 3 atom stereocenters. The second-order valence-electron chi connectivity index (χ2n) is 14.6. The van der Waals surface area contributed by atoms with Crippen LogP contribution in [0.5, 0.6) is 0 Å². The Morgan fingerprint density at radius 1 is 0.407 bits per heavy atom. The predicted molar refractivity (Wildman–Crippen MR) is 224 cm³/mol. The summed E-state index contributed by atoms with van der Waals surface area (Å²) in [6, 6.07) is 65.5. The molecule has 0 radical (unpaired) electrons. The second-order valence-corrected chi connectivity index (χ2v) is 14.6. The number of hydrogen-bond acceptors (Lipinski definition) is 5. The van der Waals surface area contributed by atoms with Gasteiger partial charge >= 0.3 is 0 Å². The zero-order valence-corrected chi connectivity index (χ0v) is 30.7. The SMILES string of the molecule is CC(C)C1Nc2ccccc2N1c1ccc(-c2ccccc2-c2ccc(-c3ccc(C4NC(c5ccccc5)NC(c5ccccc5)N4)cc3)cc2)cc1. The zero-order valence-electron chi connectivity index (χ0n) is 30.7. The maximum absolute atomic E-state index is 3.79. The van der Waals surface area contributed by atoms with Gasteiger partial charge in [0.1, 0.15) is 6.17 Å². The largest absolute Gasteiger partial charge is 0.363 e. The summed E-state index contributed by atoms with van der Waals surface area (Å²) in [4.78, 5) is 2.43. The number of nitrogens with one attached hydrogen (secondary N) is 4. The minimum atomic E-state index is -0.0249. The first-order valence-corrected chi connectivity index (χ1v) is 19.0. The smallest absolute Gasteiger partial charge is 0.106 e. The van der Waals surface area contributed by atoms with Crippen LogP contribution >= 0.6 is 0 Å². The van der Waals surface area contributed by atoms with Crippen molar-refractivity contribution in [1.82, 2.24) is 16.0 Å². The van der Waals surface area contributed by atoms with E-state index in [-0.39, 0.29) is 24.7 Å². The van der Waals surface area contributed by atoms with E-state index in [1.54, 1.807) is 0 Å². The van der Waals surface area contributed by atoms with Gasteiger partial charge in [0.2, 0.25) is 0 Å². The van der Waals surface area contributed by atoms with Gasteiger partial charge in [-0.15, -0.1) is 0 Å². The van der Waals surface area contributed by atoms with Crippen LogP contribution < -0.4 is 26.2 Å². The van der Waals surface area contributed by atoms with Crippen molar-refractivity contribution in [2.75, 3.05) is 10.2 Å². The number of fused-ring (bicyclic) bond motifs is 1. The molecule has 5 nitrogen and oxygen atoms in total. The van der Waals surface area contributed by atoms with Gasteiger partial charge in [0.05, 0.1) is 29.9 Å². The van der Waals surface area contributed by atoms with Gasteiger partial charge in [-0.1, -0.05) is 172 Å². The van der Waals surface area contributed by atoms with E-state index in [2.05, 4.69) is 222 Å². The fourth-order valence-electron chi connectivity index (χ4n) is 7.96. The zero-order chi connectivity index (χ0) is 36.4. The van der Waals surface area contributed by atoms with Crippen LogP contribution in [0, 0.1) is 5.92 Å². The number of hydrogen-bond donors (Lipinski definition) is 4. The average Bonchev–Trinajstić information content (AvgIpc) is 3.65. The first-order valence-electron chi connectivity index (χ1n) is 19.0. The molecule has 0 aliphatic carbocycles. The van der Waals surface area contributed by atoms with Gasteiger partial charge in [-0.3, -0.25) is 16.0 Å². The normalized spacial score (nSPS) is 19.4. The van der Waals surface area contributed by atoms with Crippen molar-refractivity contribution >= 4 is 17.1 Å². The Morgan fingerprint density at radius 3 is 1.33 bits per heavy atom. The lowest BCUT2D eigenvalue weighted by molar-refractivity contribution is 0.203. The highest BCUT2D eigenvalue weighted by Gasteiger charge is 2.32. The number of nitrogens with zero attached hydrogens (tertiary/aromatic N) is 1. The van der Waals surface area contributed by atoms with Crippen molar-refractivity contribution in [3.05, 3.63) is 199 Å². The minimum Gasteiger partial charge on any atom is -0.363 e. The molecule has 9 rings (SSSR count). The Bertz CT molecular complexity index is 2270. The Morgan fingerprint density at radius 2 is 0.815 bits per heavy atom. The van der Waals surface area contributed by atoms with Crippen LogP contribution in [-0.4, -0.2) is 6.17 Å². The first-order chi connectivity index (χ1) is 26.6. The highest BCUT2D eigenvalue weighted by Crippen LogP contribution is 2.43. The molecule has 0 amide bonds. The molecule has 1 saturated heterocycles. The minimum absolute atomic E-state index is 0.00722. The Balaban J connectivity index is 0.939. The Kier molecular flexibility index (Phi) is 9.27. The average molecular weight is 704 g/mol. The molecule has 5 heteroatoms. The van der Waals surface area contributed by atoms with Gasteiger partial charge in [0.15, 0.2) is 0 Å². The number of anilines is 3. The summed E-state index contributed by atoms with van der Waals surface area (Å²) < 4.78 is 0. The predicted octanol–water partition coefficient (Wildman–Crippen LogP) is 11.4. The molecule has 3 unspecified atom stereocenters. The first kappa shape index (κ1) is 33.8. The van der Waals surface area contributed by atoms with Crippen LogP contribution in [0.3, 0.4) is 0 Å². The molecule has 2 heterocycles. The Hall–Kier alpha value is -5.98. The van der Waals surface area contributed by atoms with E-state index >= 15 is 0 Å². The molecule has 0 spiro atoms. The lowest BCUT2D eigenvalue weighted by atomic mass is 9.93. The van der Waals surface area contributed by atoms with Gasteiger partial charge in [-0.05, 0) is 80.3 Å². The number of rotatable bonds is 8.